The van der Waals surface area contributed by atoms with Crippen molar-refractivity contribution in [1.29, 1.82) is 0 Å². The molecule has 0 saturated heterocycles. The van der Waals surface area contributed by atoms with Crippen molar-refractivity contribution in [3.05, 3.63) is 17.5 Å². The third-order valence-corrected chi connectivity index (χ3v) is 2.40. The summed E-state index contributed by atoms with van der Waals surface area (Å²) in [6.07, 6.45) is 2.07. The van der Waals surface area contributed by atoms with Crippen molar-refractivity contribution < 1.29 is 4.74 Å². The van der Waals surface area contributed by atoms with Gasteiger partial charge < -0.3 is 10.1 Å². The fraction of sp³-hybridized carbons (Fsp3) is 0.667. The zero-order valence-corrected chi connectivity index (χ0v) is 9.30. The van der Waals surface area contributed by atoms with Crippen LogP contribution >= 0.6 is 12.4 Å². The minimum Gasteiger partial charge on any atom is -0.384 e. The molecule has 1 N–H and O–H groups in total. The van der Waals surface area contributed by atoms with Crippen LogP contribution < -0.4 is 5.32 Å². The lowest BCUT2D eigenvalue weighted by molar-refractivity contribution is 0.173. The second-order valence-electron chi connectivity index (χ2n) is 3.50. The summed E-state index contributed by atoms with van der Waals surface area (Å²) in [4.78, 5) is 0. The minimum absolute atomic E-state index is 0. The molecule has 0 radical (unpaired) electrons. The van der Waals surface area contributed by atoms with Gasteiger partial charge in [-0.25, -0.2) is 0 Å². The van der Waals surface area contributed by atoms with Crippen LogP contribution in [0.2, 0.25) is 0 Å². The van der Waals surface area contributed by atoms with Crippen molar-refractivity contribution in [2.75, 3.05) is 20.3 Å². The summed E-state index contributed by atoms with van der Waals surface area (Å²) in [5.74, 6) is 0.412. The van der Waals surface area contributed by atoms with Crippen LogP contribution in [0.4, 0.5) is 0 Å². The van der Waals surface area contributed by atoms with Crippen LogP contribution in [0, 0.1) is 0 Å². The first-order valence-electron chi connectivity index (χ1n) is 4.53. The summed E-state index contributed by atoms with van der Waals surface area (Å²) in [7, 11) is 3.69. The van der Waals surface area contributed by atoms with Crippen molar-refractivity contribution in [2.24, 2.45) is 7.05 Å². The van der Waals surface area contributed by atoms with Crippen LogP contribution in [0.3, 0.4) is 0 Å². The van der Waals surface area contributed by atoms with E-state index in [0.29, 0.717) is 5.92 Å². The van der Waals surface area contributed by atoms with E-state index < -0.39 is 0 Å². The van der Waals surface area contributed by atoms with Gasteiger partial charge in [0.25, 0.3) is 0 Å². The van der Waals surface area contributed by atoms with Gasteiger partial charge in [-0.2, -0.15) is 5.10 Å². The molecule has 0 spiro atoms. The molecule has 1 atom stereocenters. The van der Waals surface area contributed by atoms with Crippen LogP contribution in [-0.2, 0) is 18.3 Å². The Labute approximate surface area is 90.0 Å². The average Bonchev–Trinajstić information content (AvgIpc) is 2.47. The Morgan fingerprint density at radius 3 is 3.21 bits per heavy atom. The van der Waals surface area contributed by atoms with Crippen molar-refractivity contribution in [3.63, 3.8) is 0 Å². The van der Waals surface area contributed by atoms with Crippen molar-refractivity contribution in [1.82, 2.24) is 15.1 Å². The quantitative estimate of drug-likeness (QED) is 0.792. The number of aryl methyl sites for hydroxylation is 1. The topological polar surface area (TPSA) is 39.1 Å². The first-order chi connectivity index (χ1) is 6.31. The molecular formula is C9H16ClN3O. The highest BCUT2D eigenvalue weighted by atomic mass is 35.5. The molecule has 14 heavy (non-hydrogen) atoms. The molecule has 5 heteroatoms. The van der Waals surface area contributed by atoms with Crippen molar-refractivity contribution >= 4 is 12.4 Å². The normalized spacial score (nSPS) is 20.0. The molecular weight excluding hydrogens is 202 g/mol. The smallest absolute Gasteiger partial charge is 0.0736 e. The summed E-state index contributed by atoms with van der Waals surface area (Å²) < 4.78 is 7.03. The molecule has 1 aliphatic heterocycles. The van der Waals surface area contributed by atoms with Crippen LogP contribution in [0.1, 0.15) is 17.2 Å². The van der Waals surface area contributed by atoms with Gasteiger partial charge in [-0.15, -0.1) is 12.4 Å². The number of ether oxygens (including phenoxy) is 1. The van der Waals surface area contributed by atoms with E-state index in [2.05, 4.69) is 16.6 Å². The monoisotopic (exact) mass is 217 g/mol. The summed E-state index contributed by atoms with van der Waals surface area (Å²) in [5.41, 5.74) is 2.50. The maximum atomic E-state index is 5.16. The predicted molar refractivity (Wildman–Crippen MR) is 56.8 cm³/mol. The summed E-state index contributed by atoms with van der Waals surface area (Å²) in [5, 5.41) is 7.80. The molecule has 1 unspecified atom stereocenters. The lowest BCUT2D eigenvalue weighted by Gasteiger charge is -2.20. The van der Waals surface area contributed by atoms with E-state index in [0.717, 1.165) is 19.7 Å². The van der Waals surface area contributed by atoms with Gasteiger partial charge in [0.2, 0.25) is 0 Å². The van der Waals surface area contributed by atoms with Crippen LogP contribution in [0.5, 0.6) is 0 Å². The van der Waals surface area contributed by atoms with Crippen LogP contribution in [-0.4, -0.2) is 30.0 Å². The molecule has 4 nitrogen and oxygen atoms in total. The van der Waals surface area contributed by atoms with Gasteiger partial charge in [0.05, 0.1) is 12.3 Å². The van der Waals surface area contributed by atoms with E-state index in [1.807, 2.05) is 11.7 Å². The molecule has 0 amide bonds. The van der Waals surface area contributed by atoms with E-state index >= 15 is 0 Å². The number of aromatic nitrogens is 2. The van der Waals surface area contributed by atoms with E-state index in [1.165, 1.54) is 11.3 Å². The van der Waals surface area contributed by atoms with E-state index in [9.17, 15) is 0 Å². The van der Waals surface area contributed by atoms with Gasteiger partial charge in [-0.3, -0.25) is 4.68 Å². The molecule has 0 aromatic carbocycles. The molecule has 80 valence electrons. The number of hydrogen-bond donors (Lipinski definition) is 1. The fourth-order valence-electron chi connectivity index (χ4n) is 1.85. The largest absolute Gasteiger partial charge is 0.384 e. The number of rotatable bonds is 2. The first kappa shape index (κ1) is 11.5. The number of methoxy groups -OCH3 is 1. The number of hydrogen-bond acceptors (Lipinski definition) is 3. The molecule has 1 aromatic heterocycles. The number of nitrogens with zero attached hydrogens (tertiary/aromatic N) is 2. The Bertz CT molecular complexity index is 300. The van der Waals surface area contributed by atoms with E-state index in [-0.39, 0.29) is 12.4 Å². The van der Waals surface area contributed by atoms with E-state index in [1.54, 1.807) is 7.11 Å². The highest BCUT2D eigenvalue weighted by molar-refractivity contribution is 5.85. The van der Waals surface area contributed by atoms with Crippen molar-refractivity contribution in [3.8, 4) is 0 Å². The second kappa shape index (κ2) is 4.77. The zero-order chi connectivity index (χ0) is 9.26. The van der Waals surface area contributed by atoms with Gasteiger partial charge in [0, 0.05) is 44.9 Å². The van der Waals surface area contributed by atoms with Gasteiger partial charge in [0.15, 0.2) is 0 Å². The molecule has 0 saturated carbocycles. The maximum absolute atomic E-state index is 5.16. The Balaban J connectivity index is 0.000000980. The number of halogens is 1. The number of nitrogens with one attached hydrogen (secondary N) is 1. The Morgan fingerprint density at radius 1 is 1.71 bits per heavy atom. The molecule has 1 aromatic rings. The SMILES string of the molecule is COCC1CNCc2cn(C)nc21.Cl. The second-order valence-corrected chi connectivity index (χ2v) is 3.50. The predicted octanol–water partition coefficient (Wildman–Crippen LogP) is 0.675. The maximum Gasteiger partial charge on any atom is 0.0736 e. The highest BCUT2D eigenvalue weighted by Gasteiger charge is 2.22. The van der Waals surface area contributed by atoms with Crippen molar-refractivity contribution in [2.45, 2.75) is 12.5 Å². The highest BCUT2D eigenvalue weighted by Crippen LogP contribution is 2.21. The Morgan fingerprint density at radius 2 is 2.50 bits per heavy atom. The Hall–Kier alpha value is -0.580. The molecule has 0 aliphatic carbocycles. The average molecular weight is 218 g/mol. The molecule has 1 aliphatic rings. The van der Waals surface area contributed by atoms with Gasteiger partial charge >= 0.3 is 0 Å². The minimum atomic E-state index is 0. The molecule has 2 heterocycles. The fourth-order valence-corrected chi connectivity index (χ4v) is 1.85. The summed E-state index contributed by atoms with van der Waals surface area (Å²) in [6.45, 7) is 2.65. The summed E-state index contributed by atoms with van der Waals surface area (Å²) in [6, 6.07) is 0. The lowest BCUT2D eigenvalue weighted by Crippen LogP contribution is -2.30. The van der Waals surface area contributed by atoms with E-state index in [4.69, 9.17) is 4.74 Å². The standard InChI is InChI=1S/C9H15N3O.ClH/c1-12-5-7-3-10-4-8(6-13-2)9(7)11-12;/h5,8,10H,3-4,6H2,1-2H3;1H. The van der Waals surface area contributed by atoms with Gasteiger partial charge in [0.1, 0.15) is 0 Å². The lowest BCUT2D eigenvalue weighted by atomic mass is 9.99. The third-order valence-electron chi connectivity index (χ3n) is 2.40. The van der Waals surface area contributed by atoms with Crippen LogP contribution in [0.15, 0.2) is 6.20 Å². The summed E-state index contributed by atoms with van der Waals surface area (Å²) >= 11 is 0. The first-order valence-corrected chi connectivity index (χ1v) is 4.53. The third kappa shape index (κ3) is 2.08. The van der Waals surface area contributed by atoms with Gasteiger partial charge in [-0.1, -0.05) is 0 Å². The molecule has 2 rings (SSSR count). The van der Waals surface area contributed by atoms with Crippen LogP contribution in [0.25, 0.3) is 0 Å². The Kier molecular flexibility index (Phi) is 3.92. The molecule has 0 fully saturated rings. The van der Waals surface area contributed by atoms with Gasteiger partial charge in [-0.05, 0) is 0 Å². The zero-order valence-electron chi connectivity index (χ0n) is 8.49. The number of fused-ring (bicyclic) bond motifs is 1. The molecule has 0 bridgehead atoms.